The van der Waals surface area contributed by atoms with Gasteiger partial charge in [0.15, 0.2) is 0 Å². The van der Waals surface area contributed by atoms with Crippen molar-refractivity contribution in [3.63, 3.8) is 0 Å². The Morgan fingerprint density at radius 1 is 1.05 bits per heavy atom. The molecule has 0 spiro atoms. The highest BCUT2D eigenvalue weighted by molar-refractivity contribution is 5.46. The van der Waals surface area contributed by atoms with E-state index in [-0.39, 0.29) is 0 Å². The van der Waals surface area contributed by atoms with Gasteiger partial charge in [0.05, 0.1) is 0 Å². The van der Waals surface area contributed by atoms with Gasteiger partial charge in [-0.05, 0) is 55.4 Å². The van der Waals surface area contributed by atoms with E-state index in [0.717, 1.165) is 5.92 Å². The van der Waals surface area contributed by atoms with E-state index in [0.29, 0.717) is 6.04 Å². The van der Waals surface area contributed by atoms with Gasteiger partial charge in [0.2, 0.25) is 0 Å². The average molecular weight is 279 g/mol. The third-order valence-electron chi connectivity index (χ3n) is 4.52. The monoisotopic (exact) mass is 279 g/mol. The Hall–Kier alpha value is -1.76. The molecule has 0 aliphatic heterocycles. The van der Waals surface area contributed by atoms with Crippen molar-refractivity contribution in [1.29, 1.82) is 0 Å². The first-order valence-corrected chi connectivity index (χ1v) is 8.16. The quantitative estimate of drug-likeness (QED) is 0.782. The van der Waals surface area contributed by atoms with Crippen LogP contribution in [0.25, 0.3) is 0 Å². The van der Waals surface area contributed by atoms with E-state index < -0.39 is 0 Å². The minimum Gasteiger partial charge on any atom is -0.382 e. The maximum absolute atomic E-state index is 3.66. The summed E-state index contributed by atoms with van der Waals surface area (Å²) in [6.07, 6.45) is 4.90. The highest BCUT2D eigenvalue weighted by atomic mass is 14.9. The summed E-state index contributed by atoms with van der Waals surface area (Å²) < 4.78 is 0. The molecule has 3 rings (SSSR count). The first-order chi connectivity index (χ1) is 10.2. The van der Waals surface area contributed by atoms with Gasteiger partial charge in [-0.25, -0.2) is 0 Å². The van der Waals surface area contributed by atoms with Gasteiger partial charge in [0.25, 0.3) is 0 Å². The Labute approximate surface area is 128 Å². The molecule has 0 aromatic heterocycles. The fourth-order valence-corrected chi connectivity index (χ4v) is 3.22. The molecule has 0 saturated heterocycles. The minimum atomic E-state index is 0.632. The van der Waals surface area contributed by atoms with Crippen molar-refractivity contribution in [2.45, 2.75) is 51.5 Å². The topological polar surface area (TPSA) is 12.0 Å². The highest BCUT2D eigenvalue weighted by Gasteiger charge is 2.30. The van der Waals surface area contributed by atoms with Gasteiger partial charge in [-0.2, -0.15) is 0 Å². The summed E-state index contributed by atoms with van der Waals surface area (Å²) in [5.41, 5.74) is 5.58. The molecule has 0 bridgehead atoms. The van der Waals surface area contributed by atoms with Crippen LogP contribution in [-0.4, -0.2) is 6.04 Å². The molecule has 0 heterocycles. The van der Waals surface area contributed by atoms with E-state index in [1.54, 1.807) is 0 Å². The highest BCUT2D eigenvalue weighted by Crippen LogP contribution is 2.38. The Morgan fingerprint density at radius 3 is 2.48 bits per heavy atom. The molecule has 0 atom stereocenters. The Bertz CT molecular complexity index is 579. The van der Waals surface area contributed by atoms with E-state index in [4.69, 9.17) is 0 Å². The lowest BCUT2D eigenvalue weighted by Gasteiger charge is -2.37. The first kappa shape index (κ1) is 14.2. The molecule has 1 aliphatic rings. The molecule has 1 fully saturated rings. The van der Waals surface area contributed by atoms with Crippen molar-refractivity contribution in [3.05, 3.63) is 65.2 Å². The number of aryl methyl sites for hydroxylation is 2. The second-order valence-electron chi connectivity index (χ2n) is 6.37. The molecule has 2 aromatic carbocycles. The van der Waals surface area contributed by atoms with Crippen molar-refractivity contribution < 1.29 is 0 Å². The molecule has 21 heavy (non-hydrogen) atoms. The van der Waals surface area contributed by atoms with Crippen molar-refractivity contribution in [2.75, 3.05) is 5.32 Å². The zero-order valence-electron chi connectivity index (χ0n) is 13.1. The molecule has 0 amide bonds. The van der Waals surface area contributed by atoms with Crippen LogP contribution in [0.15, 0.2) is 48.5 Å². The van der Waals surface area contributed by atoms with Crippen molar-refractivity contribution in [3.8, 4) is 0 Å². The van der Waals surface area contributed by atoms with Crippen LogP contribution in [0.3, 0.4) is 0 Å². The molecule has 110 valence electrons. The predicted octanol–water partition coefficient (Wildman–Crippen LogP) is 5.31. The molecule has 2 aromatic rings. The van der Waals surface area contributed by atoms with Crippen molar-refractivity contribution in [2.24, 2.45) is 0 Å². The van der Waals surface area contributed by atoms with E-state index in [1.165, 1.54) is 48.1 Å². The Kier molecular flexibility index (Phi) is 4.28. The Morgan fingerprint density at radius 2 is 1.81 bits per heavy atom. The van der Waals surface area contributed by atoms with E-state index in [1.807, 2.05) is 0 Å². The molecule has 1 nitrogen and oxygen atoms in total. The normalized spacial score (nSPS) is 20.9. The molecule has 1 aliphatic carbocycles. The maximum Gasteiger partial charge on any atom is 0.0342 e. The number of hydrogen-bond donors (Lipinski definition) is 1. The maximum atomic E-state index is 3.66. The van der Waals surface area contributed by atoms with Gasteiger partial charge in [0.1, 0.15) is 0 Å². The van der Waals surface area contributed by atoms with Crippen LogP contribution >= 0.6 is 0 Å². The molecule has 0 radical (unpaired) electrons. The van der Waals surface area contributed by atoms with Crippen LogP contribution in [0, 0.1) is 6.92 Å². The van der Waals surface area contributed by atoms with E-state index in [2.05, 4.69) is 67.7 Å². The zero-order valence-corrected chi connectivity index (χ0v) is 13.1. The lowest BCUT2D eigenvalue weighted by Crippen LogP contribution is -2.34. The van der Waals surface area contributed by atoms with Crippen LogP contribution < -0.4 is 5.32 Å². The number of anilines is 1. The number of rotatable bonds is 5. The smallest absolute Gasteiger partial charge is 0.0342 e. The zero-order chi connectivity index (χ0) is 14.7. The lowest BCUT2D eigenvalue weighted by molar-refractivity contribution is 0.374. The molecular formula is C20H25N. The fourth-order valence-electron chi connectivity index (χ4n) is 3.22. The number of benzene rings is 2. The first-order valence-electron chi connectivity index (χ1n) is 8.16. The minimum absolute atomic E-state index is 0.632. The summed E-state index contributed by atoms with van der Waals surface area (Å²) in [6.45, 7) is 4.40. The summed E-state index contributed by atoms with van der Waals surface area (Å²) in [6, 6.07) is 18.6. The molecular weight excluding hydrogens is 254 g/mol. The summed E-state index contributed by atoms with van der Waals surface area (Å²) in [4.78, 5) is 0. The van der Waals surface area contributed by atoms with Crippen LogP contribution in [0.1, 0.15) is 48.8 Å². The van der Waals surface area contributed by atoms with E-state index >= 15 is 0 Å². The molecule has 1 N–H and O–H groups in total. The standard InChI is InChI=1S/C20H25N/c1-3-5-16-8-10-19(11-9-16)21-20-13-18(14-20)17-7-4-6-15(2)12-17/h4,6-12,18,20-21H,3,5,13-14H2,1-2H3. The number of hydrogen-bond acceptors (Lipinski definition) is 1. The van der Waals surface area contributed by atoms with Gasteiger partial charge >= 0.3 is 0 Å². The van der Waals surface area contributed by atoms with Gasteiger partial charge in [-0.1, -0.05) is 55.3 Å². The van der Waals surface area contributed by atoms with Crippen LogP contribution in [0.2, 0.25) is 0 Å². The molecule has 1 saturated carbocycles. The van der Waals surface area contributed by atoms with Crippen LogP contribution in [0.5, 0.6) is 0 Å². The van der Waals surface area contributed by atoms with Gasteiger partial charge in [-0.3, -0.25) is 0 Å². The average Bonchev–Trinajstić information content (AvgIpc) is 2.44. The van der Waals surface area contributed by atoms with Crippen molar-refractivity contribution >= 4 is 5.69 Å². The Balaban J connectivity index is 1.52. The predicted molar refractivity (Wildman–Crippen MR) is 91.0 cm³/mol. The van der Waals surface area contributed by atoms with Gasteiger partial charge < -0.3 is 5.32 Å². The van der Waals surface area contributed by atoms with Crippen LogP contribution in [-0.2, 0) is 6.42 Å². The molecule has 0 unspecified atom stereocenters. The third kappa shape index (κ3) is 3.47. The summed E-state index contributed by atoms with van der Waals surface area (Å²) in [5.74, 6) is 0.738. The fraction of sp³-hybridized carbons (Fsp3) is 0.400. The van der Waals surface area contributed by atoms with Crippen LogP contribution in [0.4, 0.5) is 5.69 Å². The SMILES string of the molecule is CCCc1ccc(NC2CC(c3cccc(C)c3)C2)cc1. The van der Waals surface area contributed by atoms with Gasteiger partial charge in [-0.15, -0.1) is 0 Å². The molecule has 1 heteroatoms. The largest absolute Gasteiger partial charge is 0.382 e. The van der Waals surface area contributed by atoms with E-state index in [9.17, 15) is 0 Å². The summed E-state index contributed by atoms with van der Waals surface area (Å²) >= 11 is 0. The summed E-state index contributed by atoms with van der Waals surface area (Å²) in [7, 11) is 0. The second-order valence-corrected chi connectivity index (χ2v) is 6.37. The third-order valence-corrected chi connectivity index (χ3v) is 4.52. The summed E-state index contributed by atoms with van der Waals surface area (Å²) in [5, 5.41) is 3.66. The lowest BCUT2D eigenvalue weighted by atomic mass is 9.75. The number of nitrogens with one attached hydrogen (secondary N) is 1. The van der Waals surface area contributed by atoms with Gasteiger partial charge in [0, 0.05) is 11.7 Å². The van der Waals surface area contributed by atoms with Crippen molar-refractivity contribution in [1.82, 2.24) is 0 Å². The second kappa shape index (κ2) is 6.34.